The van der Waals surface area contributed by atoms with E-state index in [9.17, 15) is 4.79 Å². The highest BCUT2D eigenvalue weighted by molar-refractivity contribution is 9.10. The SMILES string of the molecule is CCC(Br)C(=O)NC1COC1. The molecular formula is C7H12BrNO2. The van der Waals surface area contributed by atoms with Gasteiger partial charge in [-0.1, -0.05) is 22.9 Å². The summed E-state index contributed by atoms with van der Waals surface area (Å²) in [7, 11) is 0. The molecule has 3 nitrogen and oxygen atoms in total. The molecule has 0 saturated carbocycles. The van der Waals surface area contributed by atoms with Crippen LogP contribution in [0.1, 0.15) is 13.3 Å². The highest BCUT2D eigenvalue weighted by Crippen LogP contribution is 2.06. The number of amides is 1. The lowest BCUT2D eigenvalue weighted by atomic mass is 10.2. The number of hydrogen-bond acceptors (Lipinski definition) is 2. The van der Waals surface area contributed by atoms with E-state index in [1.807, 2.05) is 6.92 Å². The first-order chi connectivity index (χ1) is 5.24. The molecule has 1 fully saturated rings. The van der Waals surface area contributed by atoms with Gasteiger partial charge in [0.15, 0.2) is 0 Å². The average Bonchev–Trinajstić information content (AvgIpc) is 1.94. The Bertz CT molecular complexity index is 147. The van der Waals surface area contributed by atoms with E-state index in [1.165, 1.54) is 0 Å². The van der Waals surface area contributed by atoms with Crippen LogP contribution in [0.15, 0.2) is 0 Å². The molecular weight excluding hydrogens is 210 g/mol. The summed E-state index contributed by atoms with van der Waals surface area (Å²) in [6.07, 6.45) is 0.819. The first-order valence-corrected chi connectivity index (χ1v) is 4.67. The van der Waals surface area contributed by atoms with Gasteiger partial charge < -0.3 is 10.1 Å². The molecule has 1 aliphatic rings. The van der Waals surface area contributed by atoms with Gasteiger partial charge in [-0.15, -0.1) is 0 Å². The molecule has 1 unspecified atom stereocenters. The third-order valence-corrected chi connectivity index (χ3v) is 2.69. The van der Waals surface area contributed by atoms with Crippen LogP contribution in [0.3, 0.4) is 0 Å². The van der Waals surface area contributed by atoms with Gasteiger partial charge in [0.1, 0.15) is 0 Å². The molecule has 0 spiro atoms. The van der Waals surface area contributed by atoms with Crippen molar-refractivity contribution >= 4 is 21.8 Å². The van der Waals surface area contributed by atoms with Crippen molar-refractivity contribution in [3.63, 3.8) is 0 Å². The van der Waals surface area contributed by atoms with Gasteiger partial charge in [0, 0.05) is 0 Å². The molecule has 1 amide bonds. The van der Waals surface area contributed by atoms with Crippen LogP contribution < -0.4 is 5.32 Å². The van der Waals surface area contributed by atoms with Crippen molar-refractivity contribution in [3.8, 4) is 0 Å². The summed E-state index contributed by atoms with van der Waals surface area (Å²) in [5, 5.41) is 2.86. The van der Waals surface area contributed by atoms with Crippen LogP contribution in [-0.4, -0.2) is 30.0 Å². The van der Waals surface area contributed by atoms with Crippen molar-refractivity contribution < 1.29 is 9.53 Å². The number of nitrogens with one attached hydrogen (secondary N) is 1. The minimum atomic E-state index is -0.0527. The monoisotopic (exact) mass is 221 g/mol. The molecule has 64 valence electrons. The largest absolute Gasteiger partial charge is 0.377 e. The minimum absolute atomic E-state index is 0.0527. The van der Waals surface area contributed by atoms with Crippen molar-refractivity contribution in [2.75, 3.05) is 13.2 Å². The normalized spacial score (nSPS) is 20.5. The molecule has 4 heteroatoms. The molecule has 1 saturated heterocycles. The van der Waals surface area contributed by atoms with Crippen molar-refractivity contribution in [1.82, 2.24) is 5.32 Å². The molecule has 0 radical (unpaired) electrons. The Kier molecular flexibility index (Phi) is 3.33. The lowest BCUT2D eigenvalue weighted by Crippen LogP contribution is -2.50. The van der Waals surface area contributed by atoms with Gasteiger partial charge in [-0.25, -0.2) is 0 Å². The van der Waals surface area contributed by atoms with E-state index in [-0.39, 0.29) is 16.8 Å². The topological polar surface area (TPSA) is 38.3 Å². The Balaban J connectivity index is 2.19. The van der Waals surface area contributed by atoms with Crippen LogP contribution in [0.5, 0.6) is 0 Å². The van der Waals surface area contributed by atoms with Crippen LogP contribution in [0, 0.1) is 0 Å². The third-order valence-electron chi connectivity index (χ3n) is 1.63. The van der Waals surface area contributed by atoms with Gasteiger partial charge >= 0.3 is 0 Å². The summed E-state index contributed by atoms with van der Waals surface area (Å²) in [5.74, 6) is 0.0702. The summed E-state index contributed by atoms with van der Waals surface area (Å²) in [6, 6.07) is 0.245. The summed E-state index contributed by atoms with van der Waals surface area (Å²) < 4.78 is 4.92. The second-order valence-corrected chi connectivity index (χ2v) is 3.72. The number of ether oxygens (including phenoxy) is 1. The van der Waals surface area contributed by atoms with E-state index in [4.69, 9.17) is 4.74 Å². The van der Waals surface area contributed by atoms with Gasteiger partial charge in [0.05, 0.1) is 24.1 Å². The number of alkyl halides is 1. The van der Waals surface area contributed by atoms with E-state index >= 15 is 0 Å². The van der Waals surface area contributed by atoms with Gasteiger partial charge in [-0.05, 0) is 6.42 Å². The number of carbonyl (C=O) groups is 1. The van der Waals surface area contributed by atoms with Crippen LogP contribution in [0.2, 0.25) is 0 Å². The summed E-state index contributed by atoms with van der Waals surface area (Å²) in [4.78, 5) is 11.1. The van der Waals surface area contributed by atoms with Gasteiger partial charge in [0.25, 0.3) is 0 Å². The van der Waals surface area contributed by atoms with Crippen LogP contribution in [0.4, 0.5) is 0 Å². The van der Waals surface area contributed by atoms with Crippen LogP contribution in [-0.2, 0) is 9.53 Å². The molecule has 0 bridgehead atoms. The standard InChI is InChI=1S/C7H12BrNO2/c1-2-6(8)7(10)9-5-3-11-4-5/h5-6H,2-4H2,1H3,(H,9,10). The van der Waals surface area contributed by atoms with Crippen molar-refractivity contribution in [1.29, 1.82) is 0 Å². The molecule has 1 N–H and O–H groups in total. The summed E-state index contributed by atoms with van der Waals surface area (Å²) in [5.41, 5.74) is 0. The highest BCUT2D eigenvalue weighted by Gasteiger charge is 2.22. The molecule has 0 aromatic rings. The van der Waals surface area contributed by atoms with Gasteiger partial charge in [0.2, 0.25) is 5.91 Å². The predicted octanol–water partition coefficient (Wildman–Crippen LogP) is 0.675. The van der Waals surface area contributed by atoms with E-state index in [0.29, 0.717) is 13.2 Å². The molecule has 0 aliphatic carbocycles. The molecule has 11 heavy (non-hydrogen) atoms. The van der Waals surface area contributed by atoms with E-state index in [1.54, 1.807) is 0 Å². The number of carbonyl (C=O) groups excluding carboxylic acids is 1. The first kappa shape index (κ1) is 9.00. The van der Waals surface area contributed by atoms with Crippen molar-refractivity contribution in [2.45, 2.75) is 24.2 Å². The maximum absolute atomic E-state index is 11.2. The van der Waals surface area contributed by atoms with E-state index < -0.39 is 0 Å². The average molecular weight is 222 g/mol. The van der Waals surface area contributed by atoms with E-state index in [2.05, 4.69) is 21.2 Å². The van der Waals surface area contributed by atoms with Gasteiger partial charge in [-0.3, -0.25) is 4.79 Å². The second-order valence-electron chi connectivity index (χ2n) is 2.62. The molecule has 1 heterocycles. The Morgan fingerprint density at radius 2 is 2.45 bits per heavy atom. The number of halogens is 1. The van der Waals surface area contributed by atoms with Crippen LogP contribution >= 0.6 is 15.9 Å². The quantitative estimate of drug-likeness (QED) is 0.713. The third kappa shape index (κ3) is 2.45. The molecule has 0 aromatic heterocycles. The fourth-order valence-electron chi connectivity index (χ4n) is 0.796. The lowest BCUT2D eigenvalue weighted by molar-refractivity contribution is -0.124. The summed E-state index contributed by atoms with van der Waals surface area (Å²) >= 11 is 3.27. The zero-order chi connectivity index (χ0) is 8.27. The summed E-state index contributed by atoms with van der Waals surface area (Å²) in [6.45, 7) is 3.29. The van der Waals surface area contributed by atoms with E-state index in [0.717, 1.165) is 6.42 Å². The fraction of sp³-hybridized carbons (Fsp3) is 0.857. The number of rotatable bonds is 3. The van der Waals surface area contributed by atoms with Crippen molar-refractivity contribution in [2.24, 2.45) is 0 Å². The zero-order valence-electron chi connectivity index (χ0n) is 6.47. The molecule has 1 aliphatic heterocycles. The highest BCUT2D eigenvalue weighted by atomic mass is 79.9. The van der Waals surface area contributed by atoms with Gasteiger partial charge in [-0.2, -0.15) is 0 Å². The maximum Gasteiger partial charge on any atom is 0.234 e. The first-order valence-electron chi connectivity index (χ1n) is 3.76. The zero-order valence-corrected chi connectivity index (χ0v) is 8.06. The Morgan fingerprint density at radius 1 is 1.82 bits per heavy atom. The Morgan fingerprint density at radius 3 is 2.82 bits per heavy atom. The smallest absolute Gasteiger partial charge is 0.234 e. The molecule has 1 atom stereocenters. The minimum Gasteiger partial charge on any atom is -0.377 e. The Labute approximate surface area is 74.6 Å². The number of hydrogen-bond donors (Lipinski definition) is 1. The maximum atomic E-state index is 11.2. The Hall–Kier alpha value is -0.0900. The molecule has 0 aromatic carbocycles. The second kappa shape index (κ2) is 4.07. The van der Waals surface area contributed by atoms with Crippen LogP contribution in [0.25, 0.3) is 0 Å². The molecule has 1 rings (SSSR count). The predicted molar refractivity (Wildman–Crippen MR) is 45.8 cm³/mol. The van der Waals surface area contributed by atoms with Crippen molar-refractivity contribution in [3.05, 3.63) is 0 Å². The fourth-order valence-corrected chi connectivity index (χ4v) is 0.928. The lowest BCUT2D eigenvalue weighted by Gasteiger charge is -2.27.